The second-order valence-electron chi connectivity index (χ2n) is 7.59. The summed E-state index contributed by atoms with van der Waals surface area (Å²) in [5, 5.41) is 11.2. The lowest BCUT2D eigenvalue weighted by molar-refractivity contribution is -0.166. The third kappa shape index (κ3) is 1.85. The second kappa shape index (κ2) is 4.90. The molecule has 122 valence electrons. The van der Waals surface area contributed by atoms with Crippen LogP contribution < -0.4 is 0 Å². The van der Waals surface area contributed by atoms with Crippen molar-refractivity contribution in [3.63, 3.8) is 0 Å². The predicted molar refractivity (Wildman–Crippen MR) is 81.0 cm³/mol. The van der Waals surface area contributed by atoms with Gasteiger partial charge in [-0.1, -0.05) is 6.92 Å². The van der Waals surface area contributed by atoms with Crippen LogP contribution in [0.3, 0.4) is 0 Å². The van der Waals surface area contributed by atoms with Crippen LogP contribution >= 0.6 is 0 Å². The Morgan fingerprint density at radius 1 is 1.36 bits per heavy atom. The van der Waals surface area contributed by atoms with Crippen molar-refractivity contribution in [3.05, 3.63) is 12.2 Å². The van der Waals surface area contributed by atoms with E-state index in [0.717, 1.165) is 12.8 Å². The summed E-state index contributed by atoms with van der Waals surface area (Å²) in [6.45, 7) is 4.36. The van der Waals surface area contributed by atoms with E-state index in [0.29, 0.717) is 6.54 Å². The highest BCUT2D eigenvalue weighted by molar-refractivity contribution is 6.00. The van der Waals surface area contributed by atoms with Crippen molar-refractivity contribution in [1.82, 2.24) is 4.90 Å². The Kier molecular flexibility index (Phi) is 3.49. The summed E-state index contributed by atoms with van der Waals surface area (Å²) in [4.78, 5) is 26.9. The highest BCUT2D eigenvalue weighted by atomic mass is 16.6. The summed E-state index contributed by atoms with van der Waals surface area (Å²) in [5.41, 5.74) is -2.29. The Morgan fingerprint density at radius 3 is 2.68 bits per heavy atom. The van der Waals surface area contributed by atoms with E-state index < -0.39 is 17.1 Å². The molecule has 3 rings (SSSR count). The van der Waals surface area contributed by atoms with Crippen molar-refractivity contribution >= 4 is 11.8 Å². The van der Waals surface area contributed by atoms with Gasteiger partial charge in [-0.2, -0.15) is 0 Å². The molecule has 0 radical (unpaired) electrons. The summed E-state index contributed by atoms with van der Waals surface area (Å²) in [5.74, 6) is -0.636. The standard InChI is InChI=1S/C17H25NO4/c1-10-5-6-11-12(9-18(3)4)15(20)22-14(11)16(2)13(19)7-8-17(10,16)21/h7-8,10-12,14,21H,5-6,9H2,1-4H3/t10-,11?,12+,14?,16-,17+/m0/s1. The van der Waals surface area contributed by atoms with Gasteiger partial charge in [-0.25, -0.2) is 0 Å². The van der Waals surface area contributed by atoms with Crippen molar-refractivity contribution in [3.8, 4) is 0 Å². The topological polar surface area (TPSA) is 66.8 Å². The van der Waals surface area contributed by atoms with Crippen LogP contribution in [0, 0.1) is 23.2 Å². The van der Waals surface area contributed by atoms with Crippen molar-refractivity contribution in [1.29, 1.82) is 0 Å². The number of carbonyl (C=O) groups is 2. The van der Waals surface area contributed by atoms with E-state index in [1.807, 2.05) is 25.9 Å². The van der Waals surface area contributed by atoms with E-state index in [1.54, 1.807) is 13.0 Å². The molecule has 3 aliphatic rings. The Hall–Kier alpha value is -1.20. The number of esters is 1. The van der Waals surface area contributed by atoms with E-state index >= 15 is 0 Å². The molecule has 22 heavy (non-hydrogen) atoms. The molecule has 0 amide bonds. The average Bonchev–Trinajstić information content (AvgIpc) is 2.85. The Morgan fingerprint density at radius 2 is 2.05 bits per heavy atom. The number of hydrogen-bond acceptors (Lipinski definition) is 5. The highest BCUT2D eigenvalue weighted by Crippen LogP contribution is 2.56. The number of hydrogen-bond donors (Lipinski definition) is 1. The number of fused-ring (bicyclic) bond motifs is 3. The van der Waals surface area contributed by atoms with Gasteiger partial charge in [-0.15, -0.1) is 0 Å². The molecule has 1 N–H and O–H groups in total. The fourth-order valence-electron chi connectivity index (χ4n) is 4.64. The minimum atomic E-state index is -1.23. The maximum absolute atomic E-state index is 12.6. The van der Waals surface area contributed by atoms with E-state index in [2.05, 4.69) is 0 Å². The number of carbonyl (C=O) groups excluding carboxylic acids is 2. The molecule has 0 bridgehead atoms. The third-order valence-electron chi connectivity index (χ3n) is 6.10. The molecule has 0 aromatic heterocycles. The summed E-state index contributed by atoms with van der Waals surface area (Å²) in [7, 11) is 3.86. The van der Waals surface area contributed by atoms with Crippen molar-refractivity contribution < 1.29 is 19.4 Å². The maximum atomic E-state index is 12.6. The lowest BCUT2D eigenvalue weighted by atomic mass is 9.64. The van der Waals surface area contributed by atoms with Gasteiger partial charge in [0.25, 0.3) is 0 Å². The smallest absolute Gasteiger partial charge is 0.310 e. The van der Waals surface area contributed by atoms with Crippen LogP contribution in [0.2, 0.25) is 0 Å². The fraction of sp³-hybridized carbons (Fsp3) is 0.765. The lowest BCUT2D eigenvalue weighted by Gasteiger charge is -2.43. The molecular formula is C17H25NO4. The van der Waals surface area contributed by atoms with Crippen LogP contribution in [-0.4, -0.2) is 54.1 Å². The summed E-state index contributed by atoms with van der Waals surface area (Å²) in [6, 6.07) is 0. The van der Waals surface area contributed by atoms with Gasteiger partial charge in [0, 0.05) is 12.5 Å². The zero-order chi connectivity index (χ0) is 16.3. The van der Waals surface area contributed by atoms with Crippen molar-refractivity contribution in [2.45, 2.75) is 38.4 Å². The van der Waals surface area contributed by atoms with Crippen LogP contribution in [0.4, 0.5) is 0 Å². The number of ketones is 1. The normalized spacial score (nSPS) is 47.4. The first kappa shape index (κ1) is 15.7. The minimum absolute atomic E-state index is 0.0137. The molecule has 1 saturated carbocycles. The van der Waals surface area contributed by atoms with E-state index in [4.69, 9.17) is 4.74 Å². The monoisotopic (exact) mass is 307 g/mol. The SMILES string of the molecule is C[C@H]1CCC2C(OC(=O)[C@@H]2CN(C)C)[C@]2(C)C(=O)C=C[C@@]12O. The second-order valence-corrected chi connectivity index (χ2v) is 7.59. The highest BCUT2D eigenvalue weighted by Gasteiger charge is 2.67. The third-order valence-corrected chi connectivity index (χ3v) is 6.10. The van der Waals surface area contributed by atoms with Gasteiger partial charge in [-0.05, 0) is 51.9 Å². The number of aliphatic hydroxyl groups is 1. The van der Waals surface area contributed by atoms with Crippen LogP contribution in [-0.2, 0) is 14.3 Å². The Bertz CT molecular complexity index is 543. The predicted octanol–water partition coefficient (Wildman–Crippen LogP) is 1.01. The maximum Gasteiger partial charge on any atom is 0.310 e. The first-order valence-electron chi connectivity index (χ1n) is 8.03. The van der Waals surface area contributed by atoms with Gasteiger partial charge in [0.05, 0.1) is 11.3 Å². The molecule has 1 heterocycles. The first-order chi connectivity index (χ1) is 10.2. The van der Waals surface area contributed by atoms with Gasteiger partial charge in [0.1, 0.15) is 11.7 Å². The Balaban J connectivity index is 2.03. The van der Waals surface area contributed by atoms with Crippen LogP contribution in [0.25, 0.3) is 0 Å². The van der Waals surface area contributed by atoms with Gasteiger partial charge in [-0.3, -0.25) is 9.59 Å². The van der Waals surface area contributed by atoms with E-state index in [-0.39, 0.29) is 29.5 Å². The molecule has 2 unspecified atom stereocenters. The summed E-state index contributed by atoms with van der Waals surface area (Å²) in [6.07, 6.45) is 4.13. The van der Waals surface area contributed by atoms with Crippen molar-refractivity contribution in [2.24, 2.45) is 23.2 Å². The molecule has 2 fully saturated rings. The molecule has 6 atom stereocenters. The molecule has 5 nitrogen and oxygen atoms in total. The van der Waals surface area contributed by atoms with Crippen LogP contribution in [0.5, 0.6) is 0 Å². The van der Waals surface area contributed by atoms with Gasteiger partial charge >= 0.3 is 5.97 Å². The number of allylic oxidation sites excluding steroid dienone is 1. The number of rotatable bonds is 2. The zero-order valence-electron chi connectivity index (χ0n) is 13.7. The molecule has 1 aliphatic heterocycles. The molecule has 2 aliphatic carbocycles. The summed E-state index contributed by atoms with van der Waals surface area (Å²) < 4.78 is 5.67. The van der Waals surface area contributed by atoms with Crippen LogP contribution in [0.15, 0.2) is 12.2 Å². The summed E-state index contributed by atoms with van der Waals surface area (Å²) >= 11 is 0. The average molecular weight is 307 g/mol. The molecule has 0 aromatic carbocycles. The van der Waals surface area contributed by atoms with Crippen LogP contribution in [0.1, 0.15) is 26.7 Å². The first-order valence-corrected chi connectivity index (χ1v) is 8.03. The van der Waals surface area contributed by atoms with E-state index in [9.17, 15) is 14.7 Å². The zero-order valence-corrected chi connectivity index (χ0v) is 13.7. The van der Waals surface area contributed by atoms with Gasteiger partial charge in [0.2, 0.25) is 0 Å². The number of ether oxygens (including phenoxy) is 1. The van der Waals surface area contributed by atoms with Crippen molar-refractivity contribution in [2.75, 3.05) is 20.6 Å². The van der Waals surface area contributed by atoms with E-state index in [1.165, 1.54) is 6.08 Å². The molecule has 0 aromatic rings. The lowest BCUT2D eigenvalue weighted by Crippen LogP contribution is -2.56. The number of nitrogens with zero attached hydrogens (tertiary/aromatic N) is 1. The largest absolute Gasteiger partial charge is 0.461 e. The fourth-order valence-corrected chi connectivity index (χ4v) is 4.64. The Labute approximate surface area is 131 Å². The molecular weight excluding hydrogens is 282 g/mol. The van der Waals surface area contributed by atoms with Gasteiger partial charge < -0.3 is 14.7 Å². The molecule has 5 heteroatoms. The molecule has 0 spiro atoms. The molecule has 1 saturated heterocycles. The van der Waals surface area contributed by atoms with Gasteiger partial charge in [0.15, 0.2) is 5.78 Å². The minimum Gasteiger partial charge on any atom is -0.461 e. The quantitative estimate of drug-likeness (QED) is 0.771.